The second kappa shape index (κ2) is 3.14. The zero-order chi connectivity index (χ0) is 5.21. The summed E-state index contributed by atoms with van der Waals surface area (Å²) < 4.78 is 28.8. The molecule has 0 atom stereocenters. The highest BCUT2D eigenvalue weighted by molar-refractivity contribution is 7.81. The lowest BCUT2D eigenvalue weighted by Gasteiger charge is -1.77. The zero-order valence-corrected chi connectivity index (χ0v) is 4.44. The predicted octanol–water partition coefficient (Wildman–Crippen LogP) is 0.112. The summed E-state index contributed by atoms with van der Waals surface area (Å²) in [5.41, 5.74) is 0. The van der Waals surface area contributed by atoms with Crippen molar-refractivity contribution in [3.63, 3.8) is 0 Å². The average molecular weight is 153 g/mol. The summed E-state index contributed by atoms with van der Waals surface area (Å²) in [6, 6.07) is 0. The third-order valence-electron chi connectivity index (χ3n) is 0.0796. The molecule has 7 heavy (non-hydrogen) atoms. The molecule has 0 saturated heterocycles. The molecule has 0 aliphatic heterocycles. The van der Waals surface area contributed by atoms with E-state index in [1.807, 2.05) is 0 Å². The van der Waals surface area contributed by atoms with Crippen molar-refractivity contribution in [3.8, 4) is 0 Å². The van der Waals surface area contributed by atoms with Crippen LogP contribution < -0.4 is 0 Å². The van der Waals surface area contributed by atoms with E-state index in [1.54, 1.807) is 0 Å². The summed E-state index contributed by atoms with van der Waals surface area (Å²) in [5.74, 6) is 0. The Kier molecular flexibility index (Phi) is 4.55. The Hall–Kier alpha value is 0.0900. The molecule has 7 heteroatoms. The van der Waals surface area contributed by atoms with Gasteiger partial charge in [0, 0.05) is 0 Å². The molecule has 1 N–H and O–H groups in total. The van der Waals surface area contributed by atoms with E-state index in [0.717, 1.165) is 0 Å². The molecule has 0 aromatic rings. The molecule has 0 saturated carbocycles. The SMILES string of the molecule is F.O=S(=O)(O)OCl. The summed E-state index contributed by atoms with van der Waals surface area (Å²) in [6.07, 6.45) is 0. The molecule has 0 aromatic heterocycles. The molecule has 0 rings (SSSR count). The number of hydrogen-bond donors (Lipinski definition) is 1. The molecule has 0 spiro atoms. The van der Waals surface area contributed by atoms with Gasteiger partial charge < -0.3 is 0 Å². The van der Waals surface area contributed by atoms with E-state index >= 15 is 0 Å². The lowest BCUT2D eigenvalue weighted by Crippen LogP contribution is -1.92. The van der Waals surface area contributed by atoms with Gasteiger partial charge in [-0.05, 0) is 0 Å². The van der Waals surface area contributed by atoms with Gasteiger partial charge in [-0.25, -0.2) is 0 Å². The van der Waals surface area contributed by atoms with Gasteiger partial charge in [0.2, 0.25) is 0 Å². The number of halogens is 2. The van der Waals surface area contributed by atoms with Crippen molar-refractivity contribution in [1.29, 1.82) is 0 Å². The van der Waals surface area contributed by atoms with E-state index < -0.39 is 10.4 Å². The van der Waals surface area contributed by atoms with Crippen LogP contribution in [-0.4, -0.2) is 13.0 Å². The fourth-order valence-electron chi connectivity index (χ4n) is 0. The van der Waals surface area contributed by atoms with Crippen LogP contribution in [0.25, 0.3) is 0 Å². The Morgan fingerprint density at radius 2 is 1.71 bits per heavy atom. The summed E-state index contributed by atoms with van der Waals surface area (Å²) in [4.78, 5) is 0. The maximum Gasteiger partial charge on any atom is 0.413 e. The first-order valence-corrected chi connectivity index (χ1v) is 2.51. The van der Waals surface area contributed by atoms with Crippen LogP contribution in [0, 0.1) is 0 Å². The lowest BCUT2D eigenvalue weighted by molar-refractivity contribution is 0.400. The monoisotopic (exact) mass is 152 g/mol. The Bertz CT molecular complexity index is 114. The molecule has 0 aliphatic carbocycles. The van der Waals surface area contributed by atoms with Gasteiger partial charge in [-0.3, -0.25) is 9.26 Å². The average Bonchev–Trinajstić information content (AvgIpc) is 1.35. The molecule has 0 bridgehead atoms. The molecular weight excluding hydrogens is 151 g/mol. The van der Waals surface area contributed by atoms with E-state index in [9.17, 15) is 8.42 Å². The lowest BCUT2D eigenvalue weighted by atomic mass is 15.8. The molecule has 0 radical (unpaired) electrons. The van der Waals surface area contributed by atoms with Crippen molar-refractivity contribution < 1.29 is 21.4 Å². The van der Waals surface area contributed by atoms with Crippen LogP contribution >= 0.6 is 11.9 Å². The van der Waals surface area contributed by atoms with Crippen LogP contribution in [0.4, 0.5) is 4.70 Å². The Labute approximate surface area is 44.5 Å². The normalized spacial score (nSPS) is 10.0. The van der Waals surface area contributed by atoms with Crippen LogP contribution in [0.1, 0.15) is 0 Å². The van der Waals surface area contributed by atoms with E-state index in [0.29, 0.717) is 0 Å². The smallest absolute Gasteiger partial charge is 0.269 e. The van der Waals surface area contributed by atoms with E-state index in [2.05, 4.69) is 15.6 Å². The quantitative estimate of drug-likeness (QED) is 0.542. The topological polar surface area (TPSA) is 63.6 Å². The molecule has 0 fully saturated rings. The maximum atomic E-state index is 9.20. The minimum Gasteiger partial charge on any atom is -0.269 e. The van der Waals surface area contributed by atoms with Crippen LogP contribution in [0.5, 0.6) is 0 Å². The molecule has 0 amide bonds. The van der Waals surface area contributed by atoms with E-state index in [-0.39, 0.29) is 4.70 Å². The van der Waals surface area contributed by atoms with Gasteiger partial charge in [0.25, 0.3) is 0 Å². The Balaban J connectivity index is 0. The molecule has 0 unspecified atom stereocenters. The molecule has 0 heterocycles. The maximum absolute atomic E-state index is 9.20. The predicted molar refractivity (Wildman–Crippen MR) is 21.0 cm³/mol. The van der Waals surface area contributed by atoms with Gasteiger partial charge in [-0.1, -0.05) is 0 Å². The summed E-state index contributed by atoms with van der Waals surface area (Å²) in [7, 11) is -4.40. The summed E-state index contributed by atoms with van der Waals surface area (Å²) in [6.45, 7) is 0. The fraction of sp³-hybridized carbons (Fsp3) is 0. The van der Waals surface area contributed by atoms with E-state index in [1.165, 1.54) is 0 Å². The van der Waals surface area contributed by atoms with Crippen LogP contribution in [0.15, 0.2) is 0 Å². The van der Waals surface area contributed by atoms with Crippen molar-refractivity contribution in [2.24, 2.45) is 0 Å². The van der Waals surface area contributed by atoms with Crippen molar-refractivity contribution in [3.05, 3.63) is 0 Å². The largest absolute Gasteiger partial charge is 0.413 e. The number of rotatable bonds is 1. The first-order chi connectivity index (χ1) is 2.56. The minimum absolute atomic E-state index is 0. The zero-order valence-electron chi connectivity index (χ0n) is 2.87. The standard InChI is InChI=1S/ClHO4S.FH/c1-5-6(2,3)4;/h(H,2,3,4);1H. The first kappa shape index (κ1) is 10.1. The Morgan fingerprint density at radius 3 is 1.71 bits per heavy atom. The van der Waals surface area contributed by atoms with E-state index in [4.69, 9.17) is 4.55 Å². The van der Waals surface area contributed by atoms with Gasteiger partial charge >= 0.3 is 10.4 Å². The highest BCUT2D eigenvalue weighted by Gasteiger charge is 1.97. The highest BCUT2D eigenvalue weighted by Crippen LogP contribution is 1.86. The highest BCUT2D eigenvalue weighted by atomic mass is 35.5. The van der Waals surface area contributed by atoms with Crippen molar-refractivity contribution >= 4 is 22.3 Å². The molecule has 0 aromatic carbocycles. The second-order valence-electron chi connectivity index (χ2n) is 0.491. The van der Waals surface area contributed by atoms with Gasteiger partial charge in [0.1, 0.15) is 0 Å². The van der Waals surface area contributed by atoms with Crippen molar-refractivity contribution in [1.82, 2.24) is 0 Å². The molecular formula is H2ClFO4S. The number of hydrogen-bond acceptors (Lipinski definition) is 3. The molecule has 0 aliphatic rings. The van der Waals surface area contributed by atoms with Crippen LogP contribution in [-0.2, 0) is 14.1 Å². The fourth-order valence-corrected chi connectivity index (χ4v) is 0. The molecule has 4 nitrogen and oxygen atoms in total. The summed E-state index contributed by atoms with van der Waals surface area (Å²) in [5, 5.41) is 0. The second-order valence-corrected chi connectivity index (χ2v) is 1.85. The third kappa shape index (κ3) is 10.7. The van der Waals surface area contributed by atoms with Gasteiger partial charge in [0.15, 0.2) is 0 Å². The van der Waals surface area contributed by atoms with Gasteiger partial charge in [-0.15, -0.1) is 3.74 Å². The van der Waals surface area contributed by atoms with Gasteiger partial charge in [0.05, 0.1) is 11.9 Å². The van der Waals surface area contributed by atoms with Gasteiger partial charge in [-0.2, -0.15) is 8.42 Å². The van der Waals surface area contributed by atoms with Crippen LogP contribution in [0.3, 0.4) is 0 Å². The van der Waals surface area contributed by atoms with Crippen molar-refractivity contribution in [2.45, 2.75) is 0 Å². The minimum atomic E-state index is -4.40. The summed E-state index contributed by atoms with van der Waals surface area (Å²) >= 11 is 4.14. The van der Waals surface area contributed by atoms with Crippen molar-refractivity contribution in [2.75, 3.05) is 0 Å². The Morgan fingerprint density at radius 1 is 1.57 bits per heavy atom. The third-order valence-corrected chi connectivity index (χ3v) is 0.716. The first-order valence-electron chi connectivity index (χ1n) is 0.837. The molecule has 46 valence electrons. The van der Waals surface area contributed by atoms with Crippen LogP contribution in [0.2, 0.25) is 0 Å².